The zero-order valence-electron chi connectivity index (χ0n) is 17.8. The van der Waals surface area contributed by atoms with Gasteiger partial charge in [-0.05, 0) is 43.7 Å². The van der Waals surface area contributed by atoms with Crippen molar-refractivity contribution < 1.29 is 14.3 Å². The van der Waals surface area contributed by atoms with E-state index in [0.717, 1.165) is 50.3 Å². The minimum atomic E-state index is -0.0587. The molecule has 1 fully saturated rings. The van der Waals surface area contributed by atoms with Crippen molar-refractivity contribution in [3.05, 3.63) is 53.1 Å². The molecule has 0 aliphatic carbocycles. The molecular weight excluding hydrogens is 380 g/mol. The van der Waals surface area contributed by atoms with Gasteiger partial charge >= 0.3 is 0 Å². The summed E-state index contributed by atoms with van der Waals surface area (Å²) < 4.78 is 7.30. The lowest BCUT2D eigenvalue weighted by molar-refractivity contribution is 0.0665. The Bertz CT molecular complexity index is 915. The number of aryl methyl sites for hydroxylation is 2. The van der Waals surface area contributed by atoms with Crippen LogP contribution in [0.3, 0.4) is 0 Å². The number of amides is 2. The van der Waals surface area contributed by atoms with Gasteiger partial charge in [0.15, 0.2) is 0 Å². The molecule has 160 valence electrons. The molecule has 0 spiro atoms. The van der Waals surface area contributed by atoms with Gasteiger partial charge in [0.05, 0.1) is 17.7 Å². The number of piperidine rings is 1. The second-order valence-electron chi connectivity index (χ2n) is 8.25. The largest absolute Gasteiger partial charge is 0.383 e. The van der Waals surface area contributed by atoms with Crippen LogP contribution >= 0.6 is 0 Å². The van der Waals surface area contributed by atoms with Crippen molar-refractivity contribution in [1.82, 2.24) is 19.4 Å². The zero-order chi connectivity index (χ0) is 21.1. The van der Waals surface area contributed by atoms with Crippen LogP contribution < -0.4 is 0 Å². The number of aromatic nitrogens is 2. The molecule has 4 rings (SSSR count). The number of imidazole rings is 1. The lowest BCUT2D eigenvalue weighted by atomic mass is 9.92. The first-order chi connectivity index (χ1) is 14.6. The van der Waals surface area contributed by atoms with Gasteiger partial charge in [0, 0.05) is 52.2 Å². The molecular formula is C23H30N4O3. The fourth-order valence-corrected chi connectivity index (χ4v) is 4.54. The van der Waals surface area contributed by atoms with E-state index in [1.807, 2.05) is 36.4 Å². The Morgan fingerprint density at radius 3 is 2.73 bits per heavy atom. The molecule has 1 aromatic heterocycles. The summed E-state index contributed by atoms with van der Waals surface area (Å²) in [5.74, 6) is 1.59. The standard InChI is InChI=1S/C23H30N4O3/c1-17-24-9-13-25(17)10-6-18-7-11-26(12-8-18)22(28)20-5-3-4-19-16-27(14-15-30-2)23(29)21(19)20/h3-5,9,13,18H,6-8,10-12,14-16H2,1-2H3. The monoisotopic (exact) mass is 410 g/mol. The van der Waals surface area contributed by atoms with Crippen molar-refractivity contribution in [2.75, 3.05) is 33.4 Å². The number of rotatable bonds is 7. The Hall–Kier alpha value is -2.67. The van der Waals surface area contributed by atoms with E-state index in [-0.39, 0.29) is 11.8 Å². The van der Waals surface area contributed by atoms with Gasteiger partial charge in [0.1, 0.15) is 5.82 Å². The normalized spacial score (nSPS) is 16.9. The predicted molar refractivity (Wildman–Crippen MR) is 113 cm³/mol. The molecule has 7 nitrogen and oxygen atoms in total. The first kappa shape index (κ1) is 20.6. The number of carbonyl (C=O) groups is 2. The van der Waals surface area contributed by atoms with Crippen molar-refractivity contribution in [3.63, 3.8) is 0 Å². The van der Waals surface area contributed by atoms with E-state index >= 15 is 0 Å². The van der Waals surface area contributed by atoms with Crippen LogP contribution in [0.15, 0.2) is 30.6 Å². The molecule has 0 radical (unpaired) electrons. The molecule has 2 aliphatic rings. The van der Waals surface area contributed by atoms with Crippen LogP contribution in [0.4, 0.5) is 0 Å². The van der Waals surface area contributed by atoms with Crippen LogP contribution in [0.5, 0.6) is 0 Å². The molecule has 2 aliphatic heterocycles. The van der Waals surface area contributed by atoms with E-state index in [1.54, 1.807) is 18.1 Å². The third-order valence-electron chi connectivity index (χ3n) is 6.41. The highest BCUT2D eigenvalue weighted by Crippen LogP contribution is 2.29. The number of benzene rings is 1. The highest BCUT2D eigenvalue weighted by molar-refractivity contribution is 6.09. The van der Waals surface area contributed by atoms with E-state index in [4.69, 9.17) is 4.74 Å². The molecule has 0 N–H and O–H groups in total. The number of methoxy groups -OCH3 is 1. The summed E-state index contributed by atoms with van der Waals surface area (Å²) in [6.45, 7) is 6.08. The minimum Gasteiger partial charge on any atom is -0.383 e. The number of fused-ring (bicyclic) bond motifs is 1. The lowest BCUT2D eigenvalue weighted by Gasteiger charge is -2.32. The number of carbonyl (C=O) groups excluding carboxylic acids is 2. The molecule has 3 heterocycles. The van der Waals surface area contributed by atoms with Crippen LogP contribution in [0.1, 0.15) is 51.4 Å². The van der Waals surface area contributed by atoms with Gasteiger partial charge in [-0.3, -0.25) is 9.59 Å². The maximum atomic E-state index is 13.2. The Kier molecular flexibility index (Phi) is 6.18. The quantitative estimate of drug-likeness (QED) is 0.704. The van der Waals surface area contributed by atoms with Crippen LogP contribution in [0, 0.1) is 12.8 Å². The van der Waals surface area contributed by atoms with Gasteiger partial charge in [0.2, 0.25) is 0 Å². The van der Waals surface area contributed by atoms with Gasteiger partial charge in [0.25, 0.3) is 11.8 Å². The molecule has 2 aromatic rings. The average molecular weight is 411 g/mol. The third-order valence-corrected chi connectivity index (χ3v) is 6.41. The van der Waals surface area contributed by atoms with E-state index in [0.29, 0.717) is 36.7 Å². The second kappa shape index (κ2) is 9.00. The molecule has 0 atom stereocenters. The molecule has 0 saturated carbocycles. The molecule has 1 saturated heterocycles. The first-order valence-corrected chi connectivity index (χ1v) is 10.8. The molecule has 7 heteroatoms. The second-order valence-corrected chi connectivity index (χ2v) is 8.25. The van der Waals surface area contributed by atoms with Crippen LogP contribution in [0.25, 0.3) is 0 Å². The molecule has 1 aromatic carbocycles. The van der Waals surface area contributed by atoms with Gasteiger partial charge in [-0.2, -0.15) is 0 Å². The van der Waals surface area contributed by atoms with E-state index < -0.39 is 0 Å². The van der Waals surface area contributed by atoms with Gasteiger partial charge in [-0.15, -0.1) is 0 Å². The van der Waals surface area contributed by atoms with E-state index in [2.05, 4.69) is 9.55 Å². The number of ether oxygens (including phenoxy) is 1. The maximum Gasteiger partial charge on any atom is 0.255 e. The summed E-state index contributed by atoms with van der Waals surface area (Å²) >= 11 is 0. The molecule has 2 amide bonds. The summed E-state index contributed by atoms with van der Waals surface area (Å²) in [5.41, 5.74) is 2.06. The fourth-order valence-electron chi connectivity index (χ4n) is 4.54. The van der Waals surface area contributed by atoms with Crippen LogP contribution in [0.2, 0.25) is 0 Å². The van der Waals surface area contributed by atoms with Gasteiger partial charge in [-0.25, -0.2) is 4.98 Å². The fraction of sp³-hybridized carbons (Fsp3) is 0.522. The van der Waals surface area contributed by atoms with E-state index in [9.17, 15) is 9.59 Å². The Morgan fingerprint density at radius 1 is 1.23 bits per heavy atom. The highest BCUT2D eigenvalue weighted by atomic mass is 16.5. The van der Waals surface area contributed by atoms with Crippen LogP contribution in [-0.2, 0) is 17.8 Å². The summed E-state index contributed by atoms with van der Waals surface area (Å²) in [4.78, 5) is 34.1. The average Bonchev–Trinajstić information content (AvgIpc) is 3.33. The van der Waals surface area contributed by atoms with Crippen molar-refractivity contribution in [2.24, 2.45) is 5.92 Å². The molecule has 0 unspecified atom stereocenters. The van der Waals surface area contributed by atoms with E-state index in [1.165, 1.54) is 0 Å². The SMILES string of the molecule is COCCN1Cc2cccc(C(=O)N3CCC(CCn4ccnc4C)CC3)c2C1=O. The lowest BCUT2D eigenvalue weighted by Crippen LogP contribution is -2.39. The summed E-state index contributed by atoms with van der Waals surface area (Å²) in [7, 11) is 1.63. The summed E-state index contributed by atoms with van der Waals surface area (Å²) in [6.07, 6.45) is 6.97. The first-order valence-electron chi connectivity index (χ1n) is 10.8. The predicted octanol–water partition coefficient (Wildman–Crippen LogP) is 2.74. The van der Waals surface area contributed by atoms with Gasteiger partial charge in [-0.1, -0.05) is 12.1 Å². The van der Waals surface area contributed by atoms with Crippen molar-refractivity contribution in [1.29, 1.82) is 0 Å². The Morgan fingerprint density at radius 2 is 2.03 bits per heavy atom. The Balaban J connectivity index is 1.37. The Labute approximate surface area is 177 Å². The number of nitrogens with zero attached hydrogens (tertiary/aromatic N) is 4. The number of hydrogen-bond donors (Lipinski definition) is 0. The maximum absolute atomic E-state index is 13.2. The minimum absolute atomic E-state index is 0.0160. The molecule has 0 bridgehead atoms. The highest BCUT2D eigenvalue weighted by Gasteiger charge is 2.33. The zero-order valence-corrected chi connectivity index (χ0v) is 17.8. The van der Waals surface area contributed by atoms with Crippen molar-refractivity contribution >= 4 is 11.8 Å². The topological polar surface area (TPSA) is 67.7 Å². The summed E-state index contributed by atoms with van der Waals surface area (Å²) in [5, 5.41) is 0. The number of likely N-dealkylation sites (tertiary alicyclic amines) is 1. The smallest absolute Gasteiger partial charge is 0.255 e. The number of hydrogen-bond acceptors (Lipinski definition) is 4. The third kappa shape index (κ3) is 4.12. The van der Waals surface area contributed by atoms with Crippen molar-refractivity contribution in [2.45, 2.75) is 39.3 Å². The summed E-state index contributed by atoms with van der Waals surface area (Å²) in [6, 6.07) is 5.63. The van der Waals surface area contributed by atoms with Crippen molar-refractivity contribution in [3.8, 4) is 0 Å². The van der Waals surface area contributed by atoms with Gasteiger partial charge < -0.3 is 19.1 Å². The van der Waals surface area contributed by atoms with Crippen LogP contribution in [-0.4, -0.2) is 64.5 Å². The molecule has 30 heavy (non-hydrogen) atoms.